The second kappa shape index (κ2) is 9.62. The third-order valence-electron chi connectivity index (χ3n) is 5.56. The standard InChI is InChI=1S/C23H27N5O3S/c1-2-15-32(30,31)27-13-10-19(11-14-27)25-23(29)21-17-28(20-8-4-3-5-9-20)26-22(21)18-7-6-12-24-16-18/h3-9,12,16-17,19H,2,10-11,13-15H2,1H3,(H,25,29). The van der Waals surface area contributed by atoms with Crippen molar-refractivity contribution in [3.8, 4) is 16.9 Å². The average Bonchev–Trinajstić information content (AvgIpc) is 3.26. The lowest BCUT2D eigenvalue weighted by Gasteiger charge is -2.31. The van der Waals surface area contributed by atoms with E-state index in [-0.39, 0.29) is 17.7 Å². The number of carbonyl (C=O) groups excluding carboxylic acids is 1. The minimum atomic E-state index is -3.21. The molecule has 0 spiro atoms. The third kappa shape index (κ3) is 4.89. The minimum Gasteiger partial charge on any atom is -0.349 e. The SMILES string of the molecule is CCCS(=O)(=O)N1CCC(NC(=O)c2cn(-c3ccccc3)nc2-c2cccnc2)CC1. The van der Waals surface area contributed by atoms with Crippen LogP contribution in [-0.2, 0) is 10.0 Å². The molecule has 0 aliphatic carbocycles. The van der Waals surface area contributed by atoms with Crippen LogP contribution in [0.4, 0.5) is 0 Å². The molecule has 32 heavy (non-hydrogen) atoms. The molecule has 0 bridgehead atoms. The predicted octanol–water partition coefficient (Wildman–Crippen LogP) is 2.87. The second-order valence-corrected chi connectivity index (χ2v) is 9.96. The van der Waals surface area contributed by atoms with Crippen LogP contribution in [0.1, 0.15) is 36.5 Å². The molecule has 168 valence electrons. The zero-order valence-corrected chi connectivity index (χ0v) is 18.8. The number of amides is 1. The van der Waals surface area contributed by atoms with E-state index in [2.05, 4.69) is 15.4 Å². The van der Waals surface area contributed by atoms with Gasteiger partial charge in [-0.1, -0.05) is 25.1 Å². The minimum absolute atomic E-state index is 0.0857. The van der Waals surface area contributed by atoms with Crippen molar-refractivity contribution < 1.29 is 13.2 Å². The van der Waals surface area contributed by atoms with E-state index in [0.29, 0.717) is 43.6 Å². The number of sulfonamides is 1. The van der Waals surface area contributed by atoms with Gasteiger partial charge in [0.25, 0.3) is 5.91 Å². The highest BCUT2D eigenvalue weighted by molar-refractivity contribution is 7.89. The van der Waals surface area contributed by atoms with Crippen LogP contribution < -0.4 is 5.32 Å². The van der Waals surface area contributed by atoms with Gasteiger partial charge in [-0.3, -0.25) is 9.78 Å². The molecule has 1 aromatic carbocycles. The fourth-order valence-corrected chi connectivity index (χ4v) is 5.44. The topological polar surface area (TPSA) is 97.2 Å². The Balaban J connectivity index is 1.53. The van der Waals surface area contributed by atoms with Crippen LogP contribution in [0.15, 0.2) is 61.1 Å². The van der Waals surface area contributed by atoms with E-state index >= 15 is 0 Å². The Hall–Kier alpha value is -3.04. The summed E-state index contributed by atoms with van der Waals surface area (Å²) in [5, 5.41) is 7.74. The molecule has 4 rings (SSSR count). The highest BCUT2D eigenvalue weighted by Gasteiger charge is 2.29. The Labute approximate surface area is 188 Å². The number of para-hydroxylation sites is 1. The summed E-state index contributed by atoms with van der Waals surface area (Å²) < 4.78 is 27.8. The first-order valence-electron chi connectivity index (χ1n) is 10.8. The number of aromatic nitrogens is 3. The van der Waals surface area contributed by atoms with Gasteiger partial charge in [0.15, 0.2) is 0 Å². The fourth-order valence-electron chi connectivity index (χ4n) is 3.90. The molecule has 0 saturated carbocycles. The quantitative estimate of drug-likeness (QED) is 0.593. The van der Waals surface area contributed by atoms with Crippen molar-refractivity contribution in [3.05, 3.63) is 66.6 Å². The van der Waals surface area contributed by atoms with Crippen LogP contribution in [0.2, 0.25) is 0 Å². The van der Waals surface area contributed by atoms with Gasteiger partial charge in [0.1, 0.15) is 5.69 Å². The van der Waals surface area contributed by atoms with Crippen molar-refractivity contribution in [2.75, 3.05) is 18.8 Å². The lowest BCUT2D eigenvalue weighted by molar-refractivity contribution is 0.0924. The van der Waals surface area contributed by atoms with Gasteiger partial charge in [0.05, 0.1) is 17.0 Å². The molecule has 1 aliphatic rings. The van der Waals surface area contributed by atoms with Crippen LogP contribution in [0.3, 0.4) is 0 Å². The highest BCUT2D eigenvalue weighted by Crippen LogP contribution is 2.24. The van der Waals surface area contributed by atoms with Crippen LogP contribution >= 0.6 is 0 Å². The Morgan fingerprint density at radius 3 is 2.53 bits per heavy atom. The van der Waals surface area contributed by atoms with Gasteiger partial charge in [-0.25, -0.2) is 17.4 Å². The average molecular weight is 454 g/mol. The van der Waals surface area contributed by atoms with Gasteiger partial charge in [0.2, 0.25) is 10.0 Å². The van der Waals surface area contributed by atoms with Crippen LogP contribution in [-0.4, -0.2) is 58.3 Å². The summed E-state index contributed by atoms with van der Waals surface area (Å²) in [5.41, 5.74) is 2.63. The summed E-state index contributed by atoms with van der Waals surface area (Å²) in [6, 6.07) is 13.2. The van der Waals surface area contributed by atoms with Gasteiger partial charge in [-0.05, 0) is 43.5 Å². The van der Waals surface area contributed by atoms with E-state index in [1.165, 1.54) is 4.31 Å². The van der Waals surface area contributed by atoms with Crippen molar-refractivity contribution in [2.24, 2.45) is 0 Å². The van der Waals surface area contributed by atoms with E-state index in [1.54, 1.807) is 23.3 Å². The van der Waals surface area contributed by atoms with Crippen LogP contribution in [0.25, 0.3) is 16.9 Å². The van der Waals surface area contributed by atoms with Crippen LogP contribution in [0.5, 0.6) is 0 Å². The monoisotopic (exact) mass is 453 g/mol. The van der Waals surface area contributed by atoms with Crippen molar-refractivity contribution >= 4 is 15.9 Å². The fraction of sp³-hybridized carbons (Fsp3) is 0.348. The van der Waals surface area contributed by atoms with E-state index in [1.807, 2.05) is 49.4 Å². The molecular weight excluding hydrogens is 426 g/mol. The smallest absolute Gasteiger partial charge is 0.255 e. The Bertz CT molecular complexity index is 1150. The van der Waals surface area contributed by atoms with E-state index in [4.69, 9.17) is 0 Å². The summed E-state index contributed by atoms with van der Waals surface area (Å²) in [6.45, 7) is 2.71. The predicted molar refractivity (Wildman–Crippen MR) is 123 cm³/mol. The Morgan fingerprint density at radius 2 is 1.88 bits per heavy atom. The number of piperidine rings is 1. The number of hydrogen-bond acceptors (Lipinski definition) is 5. The number of rotatable bonds is 7. The van der Waals surface area contributed by atoms with Gasteiger partial charge >= 0.3 is 0 Å². The maximum absolute atomic E-state index is 13.2. The van der Waals surface area contributed by atoms with Gasteiger partial charge in [0, 0.05) is 43.3 Å². The lowest BCUT2D eigenvalue weighted by Crippen LogP contribution is -2.47. The number of nitrogens with zero attached hydrogens (tertiary/aromatic N) is 4. The molecule has 0 atom stereocenters. The molecule has 1 saturated heterocycles. The molecule has 9 heteroatoms. The van der Waals surface area contributed by atoms with Crippen molar-refractivity contribution in [1.82, 2.24) is 24.4 Å². The van der Waals surface area contributed by atoms with E-state index in [0.717, 1.165) is 11.3 Å². The molecule has 3 aromatic rings. The van der Waals surface area contributed by atoms with Gasteiger partial charge in [-0.15, -0.1) is 0 Å². The van der Waals surface area contributed by atoms with Crippen LogP contribution in [0, 0.1) is 0 Å². The maximum Gasteiger partial charge on any atom is 0.255 e. The Morgan fingerprint density at radius 1 is 1.12 bits per heavy atom. The first kappa shape index (κ1) is 22.2. The van der Waals surface area contributed by atoms with Gasteiger partial charge < -0.3 is 5.32 Å². The molecular formula is C23H27N5O3S. The maximum atomic E-state index is 13.2. The molecule has 1 fully saturated rings. The molecule has 1 N–H and O–H groups in total. The molecule has 0 radical (unpaired) electrons. The summed E-state index contributed by atoms with van der Waals surface area (Å²) in [4.78, 5) is 17.4. The molecule has 1 amide bonds. The number of hydrogen-bond donors (Lipinski definition) is 1. The lowest BCUT2D eigenvalue weighted by atomic mass is 10.1. The molecule has 1 aliphatic heterocycles. The first-order chi connectivity index (χ1) is 15.5. The van der Waals surface area contributed by atoms with E-state index in [9.17, 15) is 13.2 Å². The second-order valence-electron chi connectivity index (χ2n) is 7.88. The molecule has 0 unspecified atom stereocenters. The third-order valence-corrected chi connectivity index (χ3v) is 7.64. The number of pyridine rings is 1. The number of carbonyl (C=O) groups is 1. The normalized spacial score (nSPS) is 15.5. The van der Waals surface area contributed by atoms with Crippen molar-refractivity contribution in [3.63, 3.8) is 0 Å². The summed E-state index contributed by atoms with van der Waals surface area (Å²) in [5.74, 6) is -0.0575. The molecule has 8 nitrogen and oxygen atoms in total. The van der Waals surface area contributed by atoms with Gasteiger partial charge in [-0.2, -0.15) is 5.10 Å². The number of benzene rings is 1. The summed E-state index contributed by atoms with van der Waals surface area (Å²) >= 11 is 0. The largest absolute Gasteiger partial charge is 0.349 e. The first-order valence-corrected chi connectivity index (χ1v) is 12.4. The van der Waals surface area contributed by atoms with Crippen molar-refractivity contribution in [2.45, 2.75) is 32.2 Å². The number of nitrogens with one attached hydrogen (secondary N) is 1. The summed E-state index contributed by atoms with van der Waals surface area (Å²) in [6.07, 6.45) is 6.87. The molecule has 2 aromatic heterocycles. The Kier molecular flexibility index (Phi) is 6.66. The zero-order chi connectivity index (χ0) is 22.6. The van der Waals surface area contributed by atoms with Crippen molar-refractivity contribution in [1.29, 1.82) is 0 Å². The van der Waals surface area contributed by atoms with E-state index < -0.39 is 10.0 Å². The summed E-state index contributed by atoms with van der Waals surface area (Å²) in [7, 11) is -3.21. The highest BCUT2D eigenvalue weighted by atomic mass is 32.2. The molecule has 3 heterocycles. The zero-order valence-electron chi connectivity index (χ0n) is 18.0.